The predicted molar refractivity (Wildman–Crippen MR) is 110 cm³/mol. The van der Waals surface area contributed by atoms with Crippen molar-refractivity contribution in [1.29, 1.82) is 0 Å². The van der Waals surface area contributed by atoms with Gasteiger partial charge in [0.1, 0.15) is 22.7 Å². The molecule has 0 N–H and O–H groups in total. The summed E-state index contributed by atoms with van der Waals surface area (Å²) in [6.45, 7) is 15.7. The van der Waals surface area contributed by atoms with Gasteiger partial charge in [0.15, 0.2) is 8.32 Å². The Morgan fingerprint density at radius 2 is 1.42 bits per heavy atom. The van der Waals surface area contributed by atoms with Crippen LogP contribution in [-0.4, -0.2) is 34.9 Å². The highest BCUT2D eigenvalue weighted by Crippen LogP contribution is 2.48. The molecule has 1 aliphatic carbocycles. The van der Waals surface area contributed by atoms with Crippen molar-refractivity contribution >= 4 is 14.1 Å². The molecule has 0 saturated heterocycles. The van der Waals surface area contributed by atoms with Crippen molar-refractivity contribution in [1.82, 2.24) is 0 Å². The molecule has 1 rings (SSSR count). The highest BCUT2D eigenvalue weighted by molar-refractivity contribution is 6.77. The van der Waals surface area contributed by atoms with Gasteiger partial charge >= 0.3 is 0 Å². The van der Waals surface area contributed by atoms with Crippen LogP contribution >= 0.6 is 0 Å². The number of ketones is 1. The summed E-state index contributed by atoms with van der Waals surface area (Å²) in [5, 5.41) is 0. The Labute approximate surface area is 161 Å². The SMILES string of the molecule is COC1=CCC=C(OC)C1(CO[Si](C(C)C)(C(C)C)C(C)C)CC(C)=O. The van der Waals surface area contributed by atoms with Crippen LogP contribution in [0.5, 0.6) is 0 Å². The number of rotatable bonds is 10. The predicted octanol–water partition coefficient (Wildman–Crippen LogP) is 5.61. The van der Waals surface area contributed by atoms with Crippen molar-refractivity contribution in [3.8, 4) is 0 Å². The molecule has 0 unspecified atom stereocenters. The van der Waals surface area contributed by atoms with E-state index < -0.39 is 13.7 Å². The van der Waals surface area contributed by atoms with Gasteiger partial charge in [-0.05, 0) is 42.1 Å². The minimum absolute atomic E-state index is 0.104. The quantitative estimate of drug-likeness (QED) is 0.461. The van der Waals surface area contributed by atoms with Crippen LogP contribution < -0.4 is 0 Å². The summed E-state index contributed by atoms with van der Waals surface area (Å²) in [5.74, 6) is 1.67. The maximum absolute atomic E-state index is 12.2. The zero-order valence-corrected chi connectivity index (χ0v) is 19.1. The van der Waals surface area contributed by atoms with E-state index in [0.717, 1.165) is 17.9 Å². The van der Waals surface area contributed by atoms with Crippen LogP contribution in [0.1, 0.15) is 61.3 Å². The molecule has 150 valence electrons. The highest BCUT2D eigenvalue weighted by Gasteiger charge is 2.50. The summed E-state index contributed by atoms with van der Waals surface area (Å²) in [6, 6.07) is 0. The lowest BCUT2D eigenvalue weighted by Crippen LogP contribution is -2.51. The minimum atomic E-state index is -2.07. The average molecular weight is 383 g/mol. The van der Waals surface area contributed by atoms with E-state index in [2.05, 4.69) is 41.5 Å². The van der Waals surface area contributed by atoms with Crippen molar-refractivity contribution in [3.63, 3.8) is 0 Å². The van der Waals surface area contributed by atoms with Crippen molar-refractivity contribution in [2.24, 2.45) is 5.41 Å². The summed E-state index contributed by atoms with van der Waals surface area (Å²) in [4.78, 5) is 12.2. The zero-order valence-electron chi connectivity index (χ0n) is 18.1. The van der Waals surface area contributed by atoms with Crippen LogP contribution in [0, 0.1) is 5.41 Å². The maximum Gasteiger partial charge on any atom is 0.200 e. The lowest BCUT2D eigenvalue weighted by atomic mass is 9.76. The molecule has 0 atom stereocenters. The summed E-state index contributed by atoms with van der Waals surface area (Å²) in [5.41, 5.74) is 0.770. The summed E-state index contributed by atoms with van der Waals surface area (Å²) >= 11 is 0. The molecule has 0 spiro atoms. The Morgan fingerprint density at radius 1 is 1.00 bits per heavy atom. The number of Topliss-reactive ketones (excluding diaryl/α,β-unsaturated/α-hetero) is 1. The van der Waals surface area contributed by atoms with Crippen LogP contribution in [0.3, 0.4) is 0 Å². The largest absolute Gasteiger partial charge is 0.500 e. The maximum atomic E-state index is 12.2. The second-order valence-electron chi connectivity index (χ2n) is 8.35. The number of carbonyl (C=O) groups excluding carboxylic acids is 1. The first-order chi connectivity index (χ1) is 12.1. The van der Waals surface area contributed by atoms with Gasteiger partial charge in [-0.1, -0.05) is 41.5 Å². The van der Waals surface area contributed by atoms with Gasteiger partial charge in [0, 0.05) is 6.42 Å². The normalized spacial score (nSPS) is 17.4. The third kappa shape index (κ3) is 4.25. The van der Waals surface area contributed by atoms with E-state index >= 15 is 0 Å². The molecule has 0 heterocycles. The highest BCUT2D eigenvalue weighted by atomic mass is 28.4. The monoisotopic (exact) mass is 382 g/mol. The van der Waals surface area contributed by atoms with Gasteiger partial charge in [0.05, 0.1) is 20.8 Å². The fraction of sp³-hybridized carbons (Fsp3) is 0.762. The molecule has 0 saturated carbocycles. The Balaban J connectivity index is 3.37. The number of methoxy groups -OCH3 is 2. The van der Waals surface area contributed by atoms with Gasteiger partial charge in [-0.3, -0.25) is 4.79 Å². The second kappa shape index (κ2) is 9.22. The van der Waals surface area contributed by atoms with Crippen molar-refractivity contribution in [2.75, 3.05) is 20.8 Å². The van der Waals surface area contributed by atoms with Gasteiger partial charge in [0.2, 0.25) is 0 Å². The Kier molecular flexibility index (Phi) is 8.15. The van der Waals surface area contributed by atoms with E-state index in [0.29, 0.717) is 29.7 Å². The standard InChI is InChI=1S/C21H38O4Si/c1-15(2)26(16(3)4,17(5)6)25-14-21(13-18(7)22)19(23-8)11-10-12-20(21)24-9/h11-12,15-17H,10,13-14H2,1-9H3. The lowest BCUT2D eigenvalue weighted by Gasteiger charge is -2.46. The van der Waals surface area contributed by atoms with E-state index in [4.69, 9.17) is 13.9 Å². The molecule has 0 radical (unpaired) electrons. The molecule has 0 aromatic rings. The summed E-state index contributed by atoms with van der Waals surface area (Å²) < 4.78 is 18.3. The second-order valence-corrected chi connectivity index (χ2v) is 13.8. The lowest BCUT2D eigenvalue weighted by molar-refractivity contribution is -0.120. The van der Waals surface area contributed by atoms with Gasteiger partial charge < -0.3 is 13.9 Å². The van der Waals surface area contributed by atoms with Crippen molar-refractivity contribution in [2.45, 2.75) is 77.9 Å². The Hall–Kier alpha value is -1.07. The van der Waals surface area contributed by atoms with Crippen LogP contribution in [0.4, 0.5) is 0 Å². The minimum Gasteiger partial charge on any atom is -0.500 e. The van der Waals surface area contributed by atoms with E-state index in [1.165, 1.54) is 0 Å². The van der Waals surface area contributed by atoms with Crippen molar-refractivity contribution < 1.29 is 18.7 Å². The van der Waals surface area contributed by atoms with Crippen molar-refractivity contribution in [3.05, 3.63) is 23.7 Å². The molecule has 4 nitrogen and oxygen atoms in total. The number of allylic oxidation sites excluding steroid dienone is 2. The molecular weight excluding hydrogens is 344 g/mol. The third-order valence-corrected chi connectivity index (χ3v) is 11.9. The first-order valence-electron chi connectivity index (χ1n) is 9.71. The fourth-order valence-corrected chi connectivity index (χ4v) is 10.4. The smallest absolute Gasteiger partial charge is 0.200 e. The third-order valence-electron chi connectivity index (χ3n) is 5.82. The summed E-state index contributed by atoms with van der Waals surface area (Å²) in [6.07, 6.45) is 5.15. The van der Waals surface area contributed by atoms with Crippen LogP contribution in [0.15, 0.2) is 23.7 Å². The average Bonchev–Trinajstić information content (AvgIpc) is 2.53. The molecule has 26 heavy (non-hydrogen) atoms. The van der Waals surface area contributed by atoms with Gasteiger partial charge in [-0.15, -0.1) is 0 Å². The van der Waals surface area contributed by atoms with E-state index in [9.17, 15) is 4.79 Å². The first-order valence-corrected chi connectivity index (χ1v) is 11.8. The molecule has 5 heteroatoms. The molecule has 0 bridgehead atoms. The summed E-state index contributed by atoms with van der Waals surface area (Å²) in [7, 11) is 1.26. The zero-order chi connectivity index (χ0) is 20.1. The van der Waals surface area contributed by atoms with Crippen LogP contribution in [0.2, 0.25) is 16.6 Å². The molecule has 0 aliphatic heterocycles. The molecule has 0 amide bonds. The molecule has 0 aromatic carbocycles. The number of hydrogen-bond donors (Lipinski definition) is 0. The number of hydrogen-bond acceptors (Lipinski definition) is 4. The Morgan fingerprint density at radius 3 is 1.73 bits per heavy atom. The van der Waals surface area contributed by atoms with Gasteiger partial charge in [-0.2, -0.15) is 0 Å². The number of ether oxygens (including phenoxy) is 2. The topological polar surface area (TPSA) is 44.8 Å². The molecule has 1 aliphatic rings. The molecule has 0 aromatic heterocycles. The van der Waals surface area contributed by atoms with Gasteiger partial charge in [0.25, 0.3) is 0 Å². The molecule has 0 fully saturated rings. The van der Waals surface area contributed by atoms with Crippen LogP contribution in [-0.2, 0) is 18.7 Å². The van der Waals surface area contributed by atoms with E-state index in [1.807, 2.05) is 12.2 Å². The van der Waals surface area contributed by atoms with Crippen LogP contribution in [0.25, 0.3) is 0 Å². The van der Waals surface area contributed by atoms with E-state index in [1.54, 1.807) is 21.1 Å². The molecular formula is C21H38O4Si. The van der Waals surface area contributed by atoms with Gasteiger partial charge in [-0.25, -0.2) is 0 Å². The Bertz CT molecular complexity index is 504. The first kappa shape index (κ1) is 23.0. The number of carbonyl (C=O) groups is 1. The fourth-order valence-electron chi connectivity index (χ4n) is 4.88. The van der Waals surface area contributed by atoms with E-state index in [-0.39, 0.29) is 5.78 Å².